The molecule has 0 spiro atoms. The van der Waals surface area contributed by atoms with Crippen molar-refractivity contribution >= 4 is 17.6 Å². The Kier molecular flexibility index (Phi) is 2.42. The fourth-order valence-electron chi connectivity index (χ4n) is 1.80. The van der Waals surface area contributed by atoms with Crippen molar-refractivity contribution in [3.05, 3.63) is 28.5 Å². The normalized spacial score (nSPS) is 20.2. The van der Waals surface area contributed by atoms with Crippen LogP contribution in [0.2, 0.25) is 5.15 Å². The highest BCUT2D eigenvalue weighted by atomic mass is 35.5. The monoisotopic (exact) mass is 211 g/mol. The molecule has 1 N–H and O–H groups in total. The molecule has 0 saturated heterocycles. The lowest BCUT2D eigenvalue weighted by atomic mass is 9.87. The Hall–Kier alpha value is -1.09. The number of nitrogens with zero attached hydrogens (tertiary/aromatic N) is 1. The Morgan fingerprint density at radius 2 is 2.36 bits per heavy atom. The molecule has 1 aromatic heterocycles. The van der Waals surface area contributed by atoms with Gasteiger partial charge in [0.2, 0.25) is 0 Å². The zero-order chi connectivity index (χ0) is 10.1. The van der Waals surface area contributed by atoms with Crippen molar-refractivity contribution in [2.75, 3.05) is 0 Å². The highest BCUT2D eigenvalue weighted by Crippen LogP contribution is 2.25. The molecule has 0 bridgehead atoms. The van der Waals surface area contributed by atoms with E-state index < -0.39 is 5.97 Å². The number of carbonyl (C=O) groups is 1. The number of carboxylic acid groups (broad SMARTS) is 1. The fraction of sp³-hybridized carbons (Fsp3) is 0.400. The van der Waals surface area contributed by atoms with Gasteiger partial charge in [0.15, 0.2) is 0 Å². The van der Waals surface area contributed by atoms with Crippen LogP contribution < -0.4 is 0 Å². The fourth-order valence-corrected chi connectivity index (χ4v) is 1.96. The van der Waals surface area contributed by atoms with Crippen LogP contribution in [0.15, 0.2) is 12.1 Å². The highest BCUT2D eigenvalue weighted by molar-refractivity contribution is 6.29. The van der Waals surface area contributed by atoms with E-state index in [1.807, 2.05) is 6.07 Å². The van der Waals surface area contributed by atoms with E-state index in [0.29, 0.717) is 24.4 Å². The molecule has 0 fully saturated rings. The van der Waals surface area contributed by atoms with E-state index in [9.17, 15) is 4.79 Å². The number of rotatable bonds is 1. The van der Waals surface area contributed by atoms with Crippen molar-refractivity contribution in [1.82, 2.24) is 4.98 Å². The van der Waals surface area contributed by atoms with E-state index in [1.165, 1.54) is 0 Å². The summed E-state index contributed by atoms with van der Waals surface area (Å²) in [6.07, 6.45) is 1.96. The number of fused-ring (bicyclic) bond motifs is 1. The molecule has 0 amide bonds. The maximum atomic E-state index is 10.8. The third-order valence-electron chi connectivity index (χ3n) is 2.58. The number of hydrogen-bond acceptors (Lipinski definition) is 2. The lowest BCUT2D eigenvalue weighted by molar-refractivity contribution is -0.142. The molecular formula is C10H10ClNO2. The van der Waals surface area contributed by atoms with Crippen LogP contribution in [0, 0.1) is 5.92 Å². The molecular weight excluding hydrogens is 202 g/mol. The van der Waals surface area contributed by atoms with Crippen molar-refractivity contribution in [2.24, 2.45) is 5.92 Å². The smallest absolute Gasteiger partial charge is 0.306 e. The molecule has 1 unspecified atom stereocenters. The van der Waals surface area contributed by atoms with E-state index in [-0.39, 0.29) is 5.92 Å². The summed E-state index contributed by atoms with van der Waals surface area (Å²) in [7, 11) is 0. The molecule has 0 aromatic carbocycles. The largest absolute Gasteiger partial charge is 0.481 e. The Balaban J connectivity index is 2.27. The molecule has 74 valence electrons. The van der Waals surface area contributed by atoms with E-state index in [1.54, 1.807) is 6.07 Å². The van der Waals surface area contributed by atoms with Crippen LogP contribution in [-0.4, -0.2) is 16.1 Å². The maximum absolute atomic E-state index is 10.8. The zero-order valence-electron chi connectivity index (χ0n) is 7.53. The Morgan fingerprint density at radius 1 is 1.57 bits per heavy atom. The number of aryl methyl sites for hydroxylation is 1. The van der Waals surface area contributed by atoms with E-state index in [2.05, 4.69) is 4.98 Å². The van der Waals surface area contributed by atoms with Gasteiger partial charge >= 0.3 is 5.97 Å². The van der Waals surface area contributed by atoms with Gasteiger partial charge in [0, 0.05) is 5.69 Å². The van der Waals surface area contributed by atoms with Crippen molar-refractivity contribution in [2.45, 2.75) is 19.3 Å². The van der Waals surface area contributed by atoms with Gasteiger partial charge in [0.1, 0.15) is 5.15 Å². The Labute approximate surface area is 86.7 Å². The molecule has 3 nitrogen and oxygen atoms in total. The van der Waals surface area contributed by atoms with Gasteiger partial charge in [0.05, 0.1) is 5.92 Å². The quantitative estimate of drug-likeness (QED) is 0.723. The summed E-state index contributed by atoms with van der Waals surface area (Å²) in [4.78, 5) is 15.0. The van der Waals surface area contributed by atoms with Crippen molar-refractivity contribution in [3.8, 4) is 0 Å². The van der Waals surface area contributed by atoms with E-state index >= 15 is 0 Å². The molecule has 0 saturated carbocycles. The summed E-state index contributed by atoms with van der Waals surface area (Å²) < 4.78 is 0. The molecule has 1 atom stereocenters. The van der Waals surface area contributed by atoms with Crippen molar-refractivity contribution < 1.29 is 9.90 Å². The van der Waals surface area contributed by atoms with Gasteiger partial charge < -0.3 is 5.11 Å². The molecule has 1 heterocycles. The summed E-state index contributed by atoms with van der Waals surface area (Å²) in [5, 5.41) is 9.36. The highest BCUT2D eigenvalue weighted by Gasteiger charge is 2.24. The molecule has 0 aliphatic heterocycles. The third kappa shape index (κ3) is 1.73. The summed E-state index contributed by atoms with van der Waals surface area (Å²) in [6, 6.07) is 3.59. The van der Waals surface area contributed by atoms with Gasteiger partial charge in [-0.2, -0.15) is 0 Å². The van der Waals surface area contributed by atoms with Crippen molar-refractivity contribution in [3.63, 3.8) is 0 Å². The summed E-state index contributed by atoms with van der Waals surface area (Å²) in [5.41, 5.74) is 1.98. The first kappa shape index (κ1) is 9.46. The predicted octanol–water partition coefficient (Wildman–Crippen LogP) is 1.92. The SMILES string of the molecule is O=C(O)C1CCc2nc(Cl)ccc2C1. The summed E-state index contributed by atoms with van der Waals surface area (Å²) >= 11 is 5.75. The van der Waals surface area contributed by atoms with Crippen LogP contribution in [0.25, 0.3) is 0 Å². The second-order valence-corrected chi connectivity index (χ2v) is 3.91. The van der Waals surface area contributed by atoms with Crippen LogP contribution in [0.4, 0.5) is 0 Å². The molecule has 0 radical (unpaired) electrons. The number of pyridine rings is 1. The predicted molar refractivity (Wildman–Crippen MR) is 52.4 cm³/mol. The number of hydrogen-bond donors (Lipinski definition) is 1. The van der Waals surface area contributed by atoms with Gasteiger partial charge in [0.25, 0.3) is 0 Å². The number of aromatic nitrogens is 1. The lowest BCUT2D eigenvalue weighted by Crippen LogP contribution is -2.22. The average Bonchev–Trinajstić information content (AvgIpc) is 2.16. The number of aliphatic carboxylic acids is 1. The lowest BCUT2D eigenvalue weighted by Gasteiger charge is -2.20. The van der Waals surface area contributed by atoms with E-state index in [0.717, 1.165) is 11.3 Å². The number of carboxylic acids is 1. The van der Waals surface area contributed by atoms with Gasteiger partial charge in [-0.25, -0.2) is 4.98 Å². The van der Waals surface area contributed by atoms with Gasteiger partial charge in [-0.3, -0.25) is 4.79 Å². The first-order chi connectivity index (χ1) is 6.66. The molecule has 4 heteroatoms. The van der Waals surface area contributed by atoms with Crippen LogP contribution in [0.3, 0.4) is 0 Å². The second-order valence-electron chi connectivity index (χ2n) is 3.52. The van der Waals surface area contributed by atoms with Gasteiger partial charge in [-0.05, 0) is 30.9 Å². The van der Waals surface area contributed by atoms with Crippen LogP contribution >= 0.6 is 11.6 Å². The molecule has 1 aliphatic rings. The zero-order valence-corrected chi connectivity index (χ0v) is 8.29. The average molecular weight is 212 g/mol. The second kappa shape index (κ2) is 3.58. The minimum atomic E-state index is -0.717. The first-order valence-electron chi connectivity index (χ1n) is 4.54. The maximum Gasteiger partial charge on any atom is 0.306 e. The standard InChI is InChI=1S/C10H10ClNO2/c11-9-4-2-6-5-7(10(13)14)1-3-8(6)12-9/h2,4,7H,1,3,5H2,(H,13,14). The third-order valence-corrected chi connectivity index (χ3v) is 2.79. The summed E-state index contributed by atoms with van der Waals surface area (Å²) in [5.74, 6) is -0.976. The Morgan fingerprint density at radius 3 is 3.07 bits per heavy atom. The minimum absolute atomic E-state index is 0.259. The van der Waals surface area contributed by atoms with Crippen molar-refractivity contribution in [1.29, 1.82) is 0 Å². The van der Waals surface area contributed by atoms with Gasteiger partial charge in [-0.1, -0.05) is 17.7 Å². The Bertz CT molecular complexity index is 378. The summed E-state index contributed by atoms with van der Waals surface area (Å²) in [6.45, 7) is 0. The topological polar surface area (TPSA) is 50.2 Å². The molecule has 1 aliphatic carbocycles. The minimum Gasteiger partial charge on any atom is -0.481 e. The van der Waals surface area contributed by atoms with Crippen LogP contribution in [-0.2, 0) is 17.6 Å². The molecule has 2 rings (SSSR count). The molecule has 1 aromatic rings. The van der Waals surface area contributed by atoms with Crippen LogP contribution in [0.1, 0.15) is 17.7 Å². The number of halogens is 1. The molecule has 14 heavy (non-hydrogen) atoms. The van der Waals surface area contributed by atoms with E-state index in [4.69, 9.17) is 16.7 Å². The van der Waals surface area contributed by atoms with Gasteiger partial charge in [-0.15, -0.1) is 0 Å². The first-order valence-corrected chi connectivity index (χ1v) is 4.91. The van der Waals surface area contributed by atoms with Crippen LogP contribution in [0.5, 0.6) is 0 Å².